The van der Waals surface area contributed by atoms with Gasteiger partial charge in [0.25, 0.3) is 0 Å². The van der Waals surface area contributed by atoms with E-state index >= 15 is 0 Å². The van der Waals surface area contributed by atoms with Crippen molar-refractivity contribution in [1.29, 1.82) is 0 Å². The van der Waals surface area contributed by atoms with Gasteiger partial charge in [0.2, 0.25) is 5.91 Å². The van der Waals surface area contributed by atoms with Crippen molar-refractivity contribution in [2.24, 2.45) is 11.7 Å². The maximum Gasteiger partial charge on any atom is 0.221 e. The summed E-state index contributed by atoms with van der Waals surface area (Å²) in [5.41, 5.74) is 9.17. The Balaban J connectivity index is 2.29. The van der Waals surface area contributed by atoms with Crippen molar-refractivity contribution in [2.75, 3.05) is 0 Å². The summed E-state index contributed by atoms with van der Waals surface area (Å²) in [5.74, 6) is -0.762. The fraction of sp³-hybridized carbons (Fsp3) is 0.333. The molecule has 3 rings (SSSR count). The summed E-state index contributed by atoms with van der Waals surface area (Å²) in [7, 11) is 0. The second-order valence-electron chi connectivity index (χ2n) is 7.76. The Morgan fingerprint density at radius 1 is 1.14 bits per heavy atom. The predicted octanol–water partition coefficient (Wildman–Crippen LogP) is 4.65. The molecule has 0 unspecified atom stereocenters. The van der Waals surface area contributed by atoms with Crippen LogP contribution in [0.5, 0.6) is 0 Å². The van der Waals surface area contributed by atoms with Gasteiger partial charge < -0.3 is 10.3 Å². The molecule has 1 aromatic heterocycles. The number of benzene rings is 2. The molecule has 0 bridgehead atoms. The lowest BCUT2D eigenvalue weighted by molar-refractivity contribution is -0.117. The van der Waals surface area contributed by atoms with Gasteiger partial charge in [-0.05, 0) is 24.1 Å². The van der Waals surface area contributed by atoms with Gasteiger partial charge in [-0.2, -0.15) is 0 Å². The highest BCUT2D eigenvalue weighted by Gasteiger charge is 2.24. The third kappa shape index (κ3) is 4.24. The molecular formula is C24H27FN2O2. The van der Waals surface area contributed by atoms with Crippen molar-refractivity contribution in [3.63, 3.8) is 0 Å². The van der Waals surface area contributed by atoms with Crippen molar-refractivity contribution >= 4 is 22.6 Å². The fourth-order valence-electron chi connectivity index (χ4n) is 3.80. The van der Waals surface area contributed by atoms with Gasteiger partial charge in [0.1, 0.15) is 5.82 Å². The van der Waals surface area contributed by atoms with E-state index in [4.69, 9.17) is 5.73 Å². The highest BCUT2D eigenvalue weighted by molar-refractivity contribution is 6.10. The zero-order valence-electron chi connectivity index (χ0n) is 17.2. The number of fused-ring (bicyclic) bond motifs is 1. The van der Waals surface area contributed by atoms with Crippen molar-refractivity contribution < 1.29 is 14.0 Å². The van der Waals surface area contributed by atoms with E-state index in [0.717, 1.165) is 28.6 Å². The maximum atomic E-state index is 14.4. The van der Waals surface area contributed by atoms with E-state index in [1.165, 1.54) is 6.07 Å². The number of carbonyl (C=O) groups excluding carboxylic acids is 2. The lowest BCUT2D eigenvalue weighted by atomic mass is 9.96. The molecule has 29 heavy (non-hydrogen) atoms. The number of Topliss-reactive ketones (excluding diaryl/α,β-unsaturated/α-hetero) is 1. The van der Waals surface area contributed by atoms with Crippen LogP contribution in [0.1, 0.15) is 54.4 Å². The number of carbonyl (C=O) groups is 2. The number of rotatable bonds is 8. The van der Waals surface area contributed by atoms with Gasteiger partial charge in [-0.1, -0.05) is 57.5 Å². The first-order chi connectivity index (χ1) is 13.8. The van der Waals surface area contributed by atoms with E-state index in [-0.39, 0.29) is 23.9 Å². The number of halogens is 1. The quantitative estimate of drug-likeness (QED) is 0.565. The highest BCUT2D eigenvalue weighted by Crippen LogP contribution is 2.31. The molecule has 0 aliphatic heterocycles. The molecule has 1 heterocycles. The summed E-state index contributed by atoms with van der Waals surface area (Å²) >= 11 is 0. The number of nitrogens with zero attached hydrogens (tertiary/aromatic N) is 1. The van der Waals surface area contributed by atoms with Gasteiger partial charge in [-0.3, -0.25) is 9.59 Å². The predicted molar refractivity (Wildman–Crippen MR) is 114 cm³/mol. The number of amides is 1. The van der Waals surface area contributed by atoms with Gasteiger partial charge in [0.15, 0.2) is 5.78 Å². The first-order valence-electron chi connectivity index (χ1n) is 10.0. The van der Waals surface area contributed by atoms with Crippen LogP contribution in [0.3, 0.4) is 0 Å². The van der Waals surface area contributed by atoms with Crippen LogP contribution in [0.25, 0.3) is 10.9 Å². The second-order valence-corrected chi connectivity index (χ2v) is 7.76. The van der Waals surface area contributed by atoms with Crippen LogP contribution in [-0.4, -0.2) is 16.3 Å². The van der Waals surface area contributed by atoms with Crippen LogP contribution in [0, 0.1) is 11.7 Å². The average Bonchev–Trinajstić information content (AvgIpc) is 2.95. The SMILES string of the molecule is CCCc1c(C(=O)C(C)C)c2ccc(CC(N)=O)cc2n1Cc1ccccc1F. The van der Waals surface area contributed by atoms with Crippen LogP contribution < -0.4 is 5.73 Å². The van der Waals surface area contributed by atoms with E-state index in [1.807, 2.05) is 42.7 Å². The fourth-order valence-corrected chi connectivity index (χ4v) is 3.80. The van der Waals surface area contributed by atoms with Crippen LogP contribution >= 0.6 is 0 Å². The molecule has 152 valence electrons. The molecule has 0 saturated carbocycles. The van der Waals surface area contributed by atoms with Crippen molar-refractivity contribution in [3.8, 4) is 0 Å². The molecule has 4 nitrogen and oxygen atoms in total. The van der Waals surface area contributed by atoms with Crippen molar-refractivity contribution in [1.82, 2.24) is 4.57 Å². The molecule has 0 aliphatic rings. The van der Waals surface area contributed by atoms with Crippen LogP contribution in [0.15, 0.2) is 42.5 Å². The molecule has 0 aliphatic carbocycles. The van der Waals surface area contributed by atoms with E-state index in [1.54, 1.807) is 12.1 Å². The number of hydrogen-bond acceptors (Lipinski definition) is 2. The molecule has 2 aromatic carbocycles. The minimum atomic E-state index is -0.413. The normalized spacial score (nSPS) is 11.3. The third-order valence-electron chi connectivity index (χ3n) is 5.16. The van der Waals surface area contributed by atoms with Crippen molar-refractivity contribution in [3.05, 3.63) is 70.7 Å². The van der Waals surface area contributed by atoms with Gasteiger partial charge in [-0.15, -0.1) is 0 Å². The Labute approximate surface area is 170 Å². The van der Waals surface area contributed by atoms with E-state index < -0.39 is 5.91 Å². The van der Waals surface area contributed by atoms with Crippen LogP contribution in [-0.2, 0) is 24.2 Å². The number of hydrogen-bond donors (Lipinski definition) is 1. The van der Waals surface area contributed by atoms with Gasteiger partial charge in [-0.25, -0.2) is 4.39 Å². The lowest BCUT2D eigenvalue weighted by Gasteiger charge is -2.13. The average molecular weight is 394 g/mol. The standard InChI is InChI=1S/C24H27FN2O2/c1-4-7-20-23(24(29)15(2)3)18-11-10-16(13-22(26)28)12-21(18)27(20)14-17-8-5-6-9-19(17)25/h5-6,8-12,15H,4,7,13-14H2,1-3H3,(H2,26,28). The Morgan fingerprint density at radius 2 is 1.86 bits per heavy atom. The lowest BCUT2D eigenvalue weighted by Crippen LogP contribution is -2.13. The highest BCUT2D eigenvalue weighted by atomic mass is 19.1. The molecule has 0 fully saturated rings. The van der Waals surface area contributed by atoms with E-state index in [2.05, 4.69) is 6.92 Å². The number of aromatic nitrogens is 1. The first kappa shape index (κ1) is 20.8. The molecule has 1 amide bonds. The molecule has 0 spiro atoms. The zero-order valence-corrected chi connectivity index (χ0v) is 17.2. The van der Waals surface area contributed by atoms with E-state index in [9.17, 15) is 14.0 Å². The Kier molecular flexibility index (Phi) is 6.16. The zero-order chi connectivity index (χ0) is 21.1. The number of nitrogens with two attached hydrogens (primary N) is 1. The Bertz CT molecular complexity index is 1070. The van der Waals surface area contributed by atoms with E-state index in [0.29, 0.717) is 24.1 Å². The molecular weight excluding hydrogens is 367 g/mol. The maximum absolute atomic E-state index is 14.4. The van der Waals surface area contributed by atoms with Crippen LogP contribution in [0.4, 0.5) is 4.39 Å². The minimum absolute atomic E-state index is 0.0772. The largest absolute Gasteiger partial charge is 0.369 e. The molecule has 2 N–H and O–H groups in total. The molecule has 0 atom stereocenters. The second kappa shape index (κ2) is 8.60. The number of primary amides is 1. The third-order valence-corrected chi connectivity index (χ3v) is 5.16. The summed E-state index contributed by atoms with van der Waals surface area (Å²) < 4.78 is 16.4. The molecule has 0 saturated heterocycles. The number of ketones is 1. The summed E-state index contributed by atoms with van der Waals surface area (Å²) in [5, 5.41) is 0.844. The summed E-state index contributed by atoms with van der Waals surface area (Å²) in [6.07, 6.45) is 1.69. The topological polar surface area (TPSA) is 65.1 Å². The summed E-state index contributed by atoms with van der Waals surface area (Å²) in [6, 6.07) is 12.3. The molecule has 0 radical (unpaired) electrons. The van der Waals surface area contributed by atoms with Crippen LogP contribution in [0.2, 0.25) is 0 Å². The van der Waals surface area contributed by atoms with Crippen molar-refractivity contribution in [2.45, 2.75) is 46.6 Å². The van der Waals surface area contributed by atoms with Gasteiger partial charge in [0, 0.05) is 33.6 Å². The Hall–Kier alpha value is -2.95. The van der Waals surface area contributed by atoms with Gasteiger partial charge in [0.05, 0.1) is 13.0 Å². The first-order valence-corrected chi connectivity index (χ1v) is 10.0. The monoisotopic (exact) mass is 394 g/mol. The molecule has 3 aromatic rings. The minimum Gasteiger partial charge on any atom is -0.369 e. The summed E-state index contributed by atoms with van der Waals surface area (Å²) in [6.45, 7) is 6.16. The smallest absolute Gasteiger partial charge is 0.221 e. The Morgan fingerprint density at radius 3 is 2.48 bits per heavy atom. The molecule has 5 heteroatoms. The summed E-state index contributed by atoms with van der Waals surface area (Å²) in [4.78, 5) is 24.5. The van der Waals surface area contributed by atoms with Gasteiger partial charge >= 0.3 is 0 Å².